The van der Waals surface area contributed by atoms with Crippen LogP contribution in [0.2, 0.25) is 0 Å². The van der Waals surface area contributed by atoms with Crippen LogP contribution in [0.5, 0.6) is 5.75 Å². The minimum Gasteiger partial charge on any atom is -0.494 e. The number of methoxy groups -OCH3 is 1. The molecule has 0 aliphatic carbocycles. The SMILES string of the molecule is COc1ccc(C2Cc3c(F)ccc(C)c3N2)cc1F. The van der Waals surface area contributed by atoms with Crippen molar-refractivity contribution in [1.82, 2.24) is 0 Å². The van der Waals surface area contributed by atoms with Crippen molar-refractivity contribution in [1.29, 1.82) is 0 Å². The number of fused-ring (bicyclic) bond motifs is 1. The number of anilines is 1. The molecule has 4 heteroatoms. The first-order valence-electron chi connectivity index (χ1n) is 6.48. The van der Waals surface area contributed by atoms with Gasteiger partial charge in [-0.2, -0.15) is 0 Å². The van der Waals surface area contributed by atoms with Gasteiger partial charge in [-0.1, -0.05) is 12.1 Å². The highest BCUT2D eigenvalue weighted by atomic mass is 19.1. The Hall–Kier alpha value is -2.10. The second-order valence-corrected chi connectivity index (χ2v) is 5.01. The molecule has 1 N–H and O–H groups in total. The zero-order valence-corrected chi connectivity index (χ0v) is 11.3. The number of rotatable bonds is 2. The third-order valence-corrected chi connectivity index (χ3v) is 3.77. The normalized spacial score (nSPS) is 16.7. The maximum Gasteiger partial charge on any atom is 0.165 e. The fourth-order valence-electron chi connectivity index (χ4n) is 2.67. The van der Waals surface area contributed by atoms with E-state index in [0.717, 1.165) is 16.8 Å². The molecule has 104 valence electrons. The van der Waals surface area contributed by atoms with Crippen LogP contribution >= 0.6 is 0 Å². The van der Waals surface area contributed by atoms with E-state index in [4.69, 9.17) is 4.74 Å². The van der Waals surface area contributed by atoms with E-state index in [2.05, 4.69) is 5.32 Å². The van der Waals surface area contributed by atoms with Crippen LogP contribution in [0, 0.1) is 18.6 Å². The van der Waals surface area contributed by atoms with Crippen molar-refractivity contribution >= 4 is 5.69 Å². The number of halogens is 2. The lowest BCUT2D eigenvalue weighted by atomic mass is 10.0. The van der Waals surface area contributed by atoms with Crippen molar-refractivity contribution in [2.24, 2.45) is 0 Å². The monoisotopic (exact) mass is 275 g/mol. The Kier molecular flexibility index (Phi) is 3.08. The number of nitrogens with one attached hydrogen (secondary N) is 1. The molecule has 0 radical (unpaired) electrons. The molecule has 0 amide bonds. The van der Waals surface area contributed by atoms with E-state index >= 15 is 0 Å². The summed E-state index contributed by atoms with van der Waals surface area (Å²) in [6.45, 7) is 1.93. The molecule has 2 nitrogen and oxygen atoms in total. The molecule has 3 rings (SSSR count). The number of hydrogen-bond acceptors (Lipinski definition) is 2. The van der Waals surface area contributed by atoms with Crippen molar-refractivity contribution < 1.29 is 13.5 Å². The molecule has 0 saturated carbocycles. The molecule has 0 bridgehead atoms. The molecular formula is C16H15F2NO. The predicted molar refractivity (Wildman–Crippen MR) is 74.2 cm³/mol. The van der Waals surface area contributed by atoms with Crippen LogP contribution in [-0.2, 0) is 6.42 Å². The van der Waals surface area contributed by atoms with Gasteiger partial charge in [0.05, 0.1) is 13.2 Å². The summed E-state index contributed by atoms with van der Waals surface area (Å²) in [5.41, 5.74) is 3.29. The standard InChI is InChI=1S/C16H15F2NO/c1-9-3-5-12(17)11-8-14(19-16(9)11)10-4-6-15(20-2)13(18)7-10/h3-7,14,19H,8H2,1-2H3. The van der Waals surface area contributed by atoms with E-state index in [1.165, 1.54) is 19.2 Å². The van der Waals surface area contributed by atoms with E-state index in [1.54, 1.807) is 18.2 Å². The highest BCUT2D eigenvalue weighted by Gasteiger charge is 2.26. The summed E-state index contributed by atoms with van der Waals surface area (Å²) in [4.78, 5) is 0. The first kappa shape index (κ1) is 12.9. The van der Waals surface area contributed by atoms with Gasteiger partial charge in [0.25, 0.3) is 0 Å². The molecule has 1 atom stereocenters. The Morgan fingerprint density at radius 2 is 1.95 bits per heavy atom. The Labute approximate surface area is 116 Å². The van der Waals surface area contributed by atoms with E-state index in [1.807, 2.05) is 6.92 Å². The Bertz CT molecular complexity index is 639. The molecular weight excluding hydrogens is 260 g/mol. The largest absolute Gasteiger partial charge is 0.494 e. The van der Waals surface area contributed by atoms with Crippen LogP contribution in [0.1, 0.15) is 22.7 Å². The molecule has 0 aromatic heterocycles. The zero-order chi connectivity index (χ0) is 14.3. The van der Waals surface area contributed by atoms with Crippen LogP contribution < -0.4 is 10.1 Å². The maximum absolute atomic E-state index is 13.8. The van der Waals surface area contributed by atoms with Crippen molar-refractivity contribution in [2.45, 2.75) is 19.4 Å². The van der Waals surface area contributed by atoms with Crippen molar-refractivity contribution in [3.8, 4) is 5.75 Å². The highest BCUT2D eigenvalue weighted by molar-refractivity contribution is 5.63. The van der Waals surface area contributed by atoms with Crippen LogP contribution in [0.4, 0.5) is 14.5 Å². The first-order chi connectivity index (χ1) is 9.60. The van der Waals surface area contributed by atoms with Gasteiger partial charge in [0.15, 0.2) is 11.6 Å². The molecule has 0 fully saturated rings. The molecule has 1 heterocycles. The van der Waals surface area contributed by atoms with Crippen LogP contribution in [-0.4, -0.2) is 7.11 Å². The van der Waals surface area contributed by atoms with Crippen LogP contribution in [0.25, 0.3) is 0 Å². The summed E-state index contributed by atoms with van der Waals surface area (Å²) in [5, 5.41) is 3.28. The topological polar surface area (TPSA) is 21.3 Å². The summed E-state index contributed by atoms with van der Waals surface area (Å²) in [6, 6.07) is 7.96. The van der Waals surface area contributed by atoms with Gasteiger partial charge in [-0.15, -0.1) is 0 Å². The lowest BCUT2D eigenvalue weighted by molar-refractivity contribution is 0.386. The van der Waals surface area contributed by atoms with Gasteiger partial charge in [0.1, 0.15) is 5.82 Å². The fraction of sp³-hybridized carbons (Fsp3) is 0.250. The second-order valence-electron chi connectivity index (χ2n) is 5.01. The molecule has 20 heavy (non-hydrogen) atoms. The number of ether oxygens (including phenoxy) is 1. The van der Waals surface area contributed by atoms with E-state index in [0.29, 0.717) is 12.0 Å². The van der Waals surface area contributed by atoms with E-state index in [-0.39, 0.29) is 17.6 Å². The number of aryl methyl sites for hydroxylation is 1. The lowest BCUT2D eigenvalue weighted by Crippen LogP contribution is -2.06. The molecule has 2 aromatic carbocycles. The minimum absolute atomic E-state index is 0.110. The zero-order valence-electron chi connectivity index (χ0n) is 11.3. The Morgan fingerprint density at radius 3 is 2.60 bits per heavy atom. The molecule has 1 aliphatic rings. The summed E-state index contributed by atoms with van der Waals surface area (Å²) in [5.74, 6) is -0.402. The number of hydrogen-bond donors (Lipinski definition) is 1. The molecule has 0 spiro atoms. The molecule has 0 saturated heterocycles. The third kappa shape index (κ3) is 2.01. The van der Waals surface area contributed by atoms with Gasteiger partial charge in [-0.05, 0) is 36.2 Å². The molecule has 2 aromatic rings. The van der Waals surface area contributed by atoms with Gasteiger partial charge in [-0.3, -0.25) is 0 Å². The molecule has 1 unspecified atom stereocenters. The summed E-state index contributed by atoms with van der Waals surface area (Å²) in [7, 11) is 1.43. The van der Waals surface area contributed by atoms with E-state index < -0.39 is 5.82 Å². The molecule has 1 aliphatic heterocycles. The Balaban J connectivity index is 1.94. The lowest BCUT2D eigenvalue weighted by Gasteiger charge is -2.13. The van der Waals surface area contributed by atoms with E-state index in [9.17, 15) is 8.78 Å². The van der Waals surface area contributed by atoms with Crippen molar-refractivity contribution in [2.75, 3.05) is 12.4 Å². The summed E-state index contributed by atoms with van der Waals surface area (Å²) in [6.07, 6.45) is 0.522. The van der Waals surface area contributed by atoms with Gasteiger partial charge < -0.3 is 10.1 Å². The van der Waals surface area contributed by atoms with Crippen molar-refractivity contribution in [3.63, 3.8) is 0 Å². The second kappa shape index (κ2) is 4.78. The number of benzene rings is 2. The smallest absolute Gasteiger partial charge is 0.165 e. The summed E-state index contributed by atoms with van der Waals surface area (Å²) >= 11 is 0. The van der Waals surface area contributed by atoms with Gasteiger partial charge in [-0.25, -0.2) is 8.78 Å². The average Bonchev–Trinajstić information content (AvgIpc) is 2.89. The predicted octanol–water partition coefficient (Wildman–Crippen LogP) is 3.99. The van der Waals surface area contributed by atoms with Gasteiger partial charge in [0, 0.05) is 17.7 Å². The van der Waals surface area contributed by atoms with Gasteiger partial charge in [0.2, 0.25) is 0 Å². The first-order valence-corrected chi connectivity index (χ1v) is 6.48. The fourth-order valence-corrected chi connectivity index (χ4v) is 2.67. The minimum atomic E-state index is -0.403. The third-order valence-electron chi connectivity index (χ3n) is 3.77. The average molecular weight is 275 g/mol. The summed E-state index contributed by atoms with van der Waals surface area (Å²) < 4.78 is 32.5. The van der Waals surface area contributed by atoms with Crippen LogP contribution in [0.15, 0.2) is 30.3 Å². The highest BCUT2D eigenvalue weighted by Crippen LogP contribution is 2.38. The van der Waals surface area contributed by atoms with Gasteiger partial charge >= 0.3 is 0 Å². The quantitative estimate of drug-likeness (QED) is 0.894. The maximum atomic E-state index is 13.8. The Morgan fingerprint density at radius 1 is 1.15 bits per heavy atom. The van der Waals surface area contributed by atoms with Crippen LogP contribution in [0.3, 0.4) is 0 Å². The van der Waals surface area contributed by atoms with Crippen molar-refractivity contribution in [3.05, 3.63) is 58.7 Å².